The minimum atomic E-state index is 0.480. The smallest absolute Gasteiger partial charge is 0.0594 e. The minimum Gasteiger partial charge on any atom is -0.379 e. The van der Waals surface area contributed by atoms with E-state index in [0.29, 0.717) is 18.0 Å². The Morgan fingerprint density at radius 3 is 2.38 bits per heavy atom. The molecule has 2 unspecified atom stereocenters. The molecule has 2 heterocycles. The molecule has 0 radical (unpaired) electrons. The standard InChI is InChI=1S/C20H33N3O/c1-16(2)18-4-6-19(7-5-18)20(15-22-10-12-24-13-11-22)23-9-8-21-17(3)14-23/h4-7,16-17,20-21H,8-15H2,1-3H3. The van der Waals surface area contributed by atoms with E-state index >= 15 is 0 Å². The lowest BCUT2D eigenvalue weighted by Crippen LogP contribution is -2.52. The first-order valence-corrected chi connectivity index (χ1v) is 9.51. The van der Waals surface area contributed by atoms with Gasteiger partial charge >= 0.3 is 0 Å². The number of benzene rings is 1. The Hall–Kier alpha value is -0.940. The van der Waals surface area contributed by atoms with Crippen LogP contribution in [0.5, 0.6) is 0 Å². The molecule has 134 valence electrons. The topological polar surface area (TPSA) is 27.7 Å². The van der Waals surface area contributed by atoms with E-state index < -0.39 is 0 Å². The van der Waals surface area contributed by atoms with Crippen molar-refractivity contribution in [3.8, 4) is 0 Å². The second-order valence-electron chi connectivity index (χ2n) is 7.60. The van der Waals surface area contributed by atoms with Crippen LogP contribution in [0.15, 0.2) is 24.3 Å². The summed E-state index contributed by atoms with van der Waals surface area (Å²) in [6.07, 6.45) is 0. The van der Waals surface area contributed by atoms with Gasteiger partial charge in [-0.25, -0.2) is 0 Å². The number of nitrogens with zero attached hydrogens (tertiary/aromatic N) is 2. The maximum absolute atomic E-state index is 5.53. The molecular formula is C20H33N3O. The monoisotopic (exact) mass is 331 g/mol. The fourth-order valence-electron chi connectivity index (χ4n) is 3.81. The average molecular weight is 332 g/mol. The predicted octanol–water partition coefficient (Wildman–Crippen LogP) is 2.48. The lowest BCUT2D eigenvalue weighted by molar-refractivity contribution is 0.0187. The third-order valence-corrected chi connectivity index (χ3v) is 5.36. The van der Waals surface area contributed by atoms with E-state index in [2.05, 4.69) is 60.2 Å². The van der Waals surface area contributed by atoms with Gasteiger partial charge in [0.1, 0.15) is 0 Å². The molecule has 0 aromatic heterocycles. The molecule has 2 fully saturated rings. The molecule has 4 heteroatoms. The van der Waals surface area contributed by atoms with Crippen LogP contribution in [0.1, 0.15) is 43.9 Å². The van der Waals surface area contributed by atoms with E-state index in [-0.39, 0.29) is 0 Å². The summed E-state index contributed by atoms with van der Waals surface area (Å²) in [7, 11) is 0. The van der Waals surface area contributed by atoms with Crippen LogP contribution in [0.4, 0.5) is 0 Å². The number of hydrogen-bond donors (Lipinski definition) is 1. The zero-order valence-electron chi connectivity index (χ0n) is 15.5. The molecule has 0 spiro atoms. The Bertz CT molecular complexity index is 496. The Morgan fingerprint density at radius 2 is 1.75 bits per heavy atom. The lowest BCUT2D eigenvalue weighted by Gasteiger charge is -2.41. The normalized spacial score (nSPS) is 25.1. The molecule has 0 bridgehead atoms. The summed E-state index contributed by atoms with van der Waals surface area (Å²) < 4.78 is 5.53. The SMILES string of the molecule is CC1CN(C(CN2CCOCC2)c2ccc(C(C)C)cc2)CCN1. The van der Waals surface area contributed by atoms with E-state index in [1.807, 2.05) is 0 Å². The van der Waals surface area contributed by atoms with E-state index in [4.69, 9.17) is 4.74 Å². The summed E-state index contributed by atoms with van der Waals surface area (Å²) in [4.78, 5) is 5.23. The van der Waals surface area contributed by atoms with Crippen LogP contribution >= 0.6 is 0 Å². The zero-order chi connectivity index (χ0) is 16.9. The third-order valence-electron chi connectivity index (χ3n) is 5.36. The largest absolute Gasteiger partial charge is 0.379 e. The molecule has 4 nitrogen and oxygen atoms in total. The summed E-state index contributed by atoms with van der Waals surface area (Å²) in [5.41, 5.74) is 2.89. The van der Waals surface area contributed by atoms with Gasteiger partial charge in [-0.2, -0.15) is 0 Å². The Balaban J connectivity index is 1.77. The number of rotatable bonds is 5. The summed E-state index contributed by atoms with van der Waals surface area (Å²) >= 11 is 0. The van der Waals surface area contributed by atoms with Gasteiger partial charge in [0.15, 0.2) is 0 Å². The number of morpholine rings is 1. The highest BCUT2D eigenvalue weighted by Gasteiger charge is 2.27. The molecule has 0 aliphatic carbocycles. The molecule has 1 aromatic carbocycles. The first-order chi connectivity index (χ1) is 11.6. The molecular weight excluding hydrogens is 298 g/mol. The first kappa shape index (κ1) is 17.9. The maximum atomic E-state index is 5.53. The van der Waals surface area contributed by atoms with Crippen LogP contribution in [0.2, 0.25) is 0 Å². The predicted molar refractivity (Wildman–Crippen MR) is 99.6 cm³/mol. The molecule has 2 atom stereocenters. The van der Waals surface area contributed by atoms with Crippen molar-refractivity contribution in [3.63, 3.8) is 0 Å². The molecule has 2 aliphatic heterocycles. The molecule has 1 N–H and O–H groups in total. The number of piperazine rings is 1. The Kier molecular flexibility index (Phi) is 6.28. The van der Waals surface area contributed by atoms with Gasteiger partial charge in [0.25, 0.3) is 0 Å². The lowest BCUT2D eigenvalue weighted by atomic mass is 9.97. The summed E-state index contributed by atoms with van der Waals surface area (Å²) in [6.45, 7) is 15.1. The Labute approximate surface area is 147 Å². The quantitative estimate of drug-likeness (QED) is 0.897. The van der Waals surface area contributed by atoms with Crippen LogP contribution in [0, 0.1) is 0 Å². The van der Waals surface area contributed by atoms with Crippen molar-refractivity contribution in [2.45, 2.75) is 38.8 Å². The Morgan fingerprint density at radius 1 is 1.08 bits per heavy atom. The van der Waals surface area contributed by atoms with E-state index in [9.17, 15) is 0 Å². The summed E-state index contributed by atoms with van der Waals surface area (Å²) in [6, 6.07) is 10.4. The molecule has 1 aromatic rings. The van der Waals surface area contributed by atoms with Crippen molar-refractivity contribution in [1.29, 1.82) is 0 Å². The fraction of sp³-hybridized carbons (Fsp3) is 0.700. The number of ether oxygens (including phenoxy) is 1. The van der Waals surface area contributed by atoms with Gasteiger partial charge < -0.3 is 10.1 Å². The molecule has 24 heavy (non-hydrogen) atoms. The highest BCUT2D eigenvalue weighted by Crippen LogP contribution is 2.26. The molecule has 0 saturated carbocycles. The number of nitrogens with one attached hydrogen (secondary N) is 1. The van der Waals surface area contributed by atoms with Crippen LogP contribution in [-0.2, 0) is 4.74 Å². The molecule has 2 saturated heterocycles. The van der Waals surface area contributed by atoms with E-state index in [1.54, 1.807) is 0 Å². The van der Waals surface area contributed by atoms with E-state index in [1.165, 1.54) is 11.1 Å². The molecule has 3 rings (SSSR count). The van der Waals surface area contributed by atoms with Gasteiger partial charge in [0, 0.05) is 51.4 Å². The second kappa shape index (κ2) is 8.43. The fourth-order valence-corrected chi connectivity index (χ4v) is 3.81. The van der Waals surface area contributed by atoms with Crippen LogP contribution in [0.3, 0.4) is 0 Å². The average Bonchev–Trinajstić information content (AvgIpc) is 2.61. The third kappa shape index (κ3) is 4.57. The van der Waals surface area contributed by atoms with Crippen molar-refractivity contribution >= 4 is 0 Å². The minimum absolute atomic E-state index is 0.480. The van der Waals surface area contributed by atoms with Gasteiger partial charge in [-0.1, -0.05) is 38.1 Å². The summed E-state index contributed by atoms with van der Waals surface area (Å²) in [5.74, 6) is 0.593. The van der Waals surface area contributed by atoms with Gasteiger partial charge in [0.2, 0.25) is 0 Å². The molecule has 0 amide bonds. The zero-order valence-corrected chi connectivity index (χ0v) is 15.5. The maximum Gasteiger partial charge on any atom is 0.0594 e. The highest BCUT2D eigenvalue weighted by molar-refractivity contribution is 5.27. The van der Waals surface area contributed by atoms with Crippen molar-refractivity contribution in [3.05, 3.63) is 35.4 Å². The number of hydrogen-bond acceptors (Lipinski definition) is 4. The van der Waals surface area contributed by atoms with Gasteiger partial charge in [-0.3, -0.25) is 9.80 Å². The second-order valence-corrected chi connectivity index (χ2v) is 7.60. The van der Waals surface area contributed by atoms with Crippen molar-refractivity contribution in [2.75, 3.05) is 52.5 Å². The van der Waals surface area contributed by atoms with Crippen molar-refractivity contribution in [1.82, 2.24) is 15.1 Å². The molecule has 2 aliphatic rings. The van der Waals surface area contributed by atoms with E-state index in [0.717, 1.165) is 52.5 Å². The van der Waals surface area contributed by atoms with Crippen molar-refractivity contribution < 1.29 is 4.74 Å². The van der Waals surface area contributed by atoms with Gasteiger partial charge in [-0.05, 0) is 24.0 Å². The highest BCUT2D eigenvalue weighted by atomic mass is 16.5. The van der Waals surface area contributed by atoms with Crippen LogP contribution in [-0.4, -0.2) is 68.3 Å². The van der Waals surface area contributed by atoms with Gasteiger partial charge in [0.05, 0.1) is 13.2 Å². The summed E-state index contributed by atoms with van der Waals surface area (Å²) in [5, 5.41) is 3.57. The van der Waals surface area contributed by atoms with Crippen LogP contribution < -0.4 is 5.32 Å². The van der Waals surface area contributed by atoms with Crippen LogP contribution in [0.25, 0.3) is 0 Å². The van der Waals surface area contributed by atoms with Crippen molar-refractivity contribution in [2.24, 2.45) is 0 Å². The van der Waals surface area contributed by atoms with Gasteiger partial charge in [-0.15, -0.1) is 0 Å². The first-order valence-electron chi connectivity index (χ1n) is 9.51.